The zero-order valence-electron chi connectivity index (χ0n) is 13.8. The van der Waals surface area contributed by atoms with Crippen LogP contribution in [0.1, 0.15) is 47.0 Å². The summed E-state index contributed by atoms with van der Waals surface area (Å²) in [7, 11) is 0. The Morgan fingerprint density at radius 3 is 2.23 bits per heavy atom. The van der Waals surface area contributed by atoms with Crippen LogP contribution in [0.3, 0.4) is 0 Å². The lowest BCUT2D eigenvalue weighted by molar-refractivity contribution is -0.178. The molecule has 1 rings (SSSR count). The standard InChI is InChI=1S/C16H26O6/c1-5-8-10-12(14(18)21-6-2)11(17)9-16(4,20)13(10)15(19)22-7-3/h10,12-13,20H,5-9H2,1-4H3. The van der Waals surface area contributed by atoms with Gasteiger partial charge in [0.15, 0.2) is 0 Å². The van der Waals surface area contributed by atoms with Crippen molar-refractivity contribution in [2.75, 3.05) is 13.2 Å². The van der Waals surface area contributed by atoms with Crippen molar-refractivity contribution >= 4 is 17.7 Å². The Hall–Kier alpha value is -1.43. The lowest BCUT2D eigenvalue weighted by Crippen LogP contribution is -2.56. The van der Waals surface area contributed by atoms with Crippen molar-refractivity contribution in [1.29, 1.82) is 0 Å². The molecule has 0 aromatic carbocycles. The van der Waals surface area contributed by atoms with Crippen LogP contribution >= 0.6 is 0 Å². The van der Waals surface area contributed by atoms with Gasteiger partial charge in [-0.25, -0.2) is 0 Å². The van der Waals surface area contributed by atoms with E-state index >= 15 is 0 Å². The SMILES string of the molecule is CCCC1C(C(=O)OCC)C(=O)CC(C)(O)C1C(=O)OCC. The maximum Gasteiger partial charge on any atom is 0.316 e. The van der Waals surface area contributed by atoms with Crippen molar-refractivity contribution in [2.45, 2.75) is 52.6 Å². The molecule has 4 unspecified atom stereocenters. The normalized spacial score (nSPS) is 31.7. The number of carbonyl (C=O) groups is 3. The molecule has 1 N–H and O–H groups in total. The molecule has 6 nitrogen and oxygen atoms in total. The van der Waals surface area contributed by atoms with E-state index in [1.165, 1.54) is 6.92 Å². The predicted molar refractivity (Wildman–Crippen MR) is 78.9 cm³/mol. The van der Waals surface area contributed by atoms with Gasteiger partial charge in [0, 0.05) is 6.42 Å². The van der Waals surface area contributed by atoms with Crippen LogP contribution in [0, 0.1) is 17.8 Å². The highest BCUT2D eigenvalue weighted by molar-refractivity contribution is 6.01. The number of ether oxygens (including phenoxy) is 2. The lowest BCUT2D eigenvalue weighted by Gasteiger charge is -2.43. The summed E-state index contributed by atoms with van der Waals surface area (Å²) in [5.74, 6) is -4.06. The van der Waals surface area contributed by atoms with E-state index in [9.17, 15) is 19.5 Å². The third kappa shape index (κ3) is 3.85. The average Bonchev–Trinajstić information content (AvgIpc) is 2.37. The summed E-state index contributed by atoms with van der Waals surface area (Å²) >= 11 is 0. The third-order valence-corrected chi connectivity index (χ3v) is 4.11. The Kier molecular flexibility index (Phi) is 6.53. The second kappa shape index (κ2) is 7.72. The molecule has 0 amide bonds. The Morgan fingerprint density at radius 2 is 1.73 bits per heavy atom. The maximum atomic E-state index is 12.3. The first-order valence-corrected chi connectivity index (χ1v) is 7.88. The first-order valence-electron chi connectivity index (χ1n) is 7.88. The van der Waals surface area contributed by atoms with Crippen LogP contribution in [0.15, 0.2) is 0 Å². The number of esters is 2. The molecular weight excluding hydrogens is 288 g/mol. The van der Waals surface area contributed by atoms with Crippen molar-refractivity contribution < 1.29 is 29.0 Å². The highest BCUT2D eigenvalue weighted by Crippen LogP contribution is 2.43. The van der Waals surface area contributed by atoms with Crippen LogP contribution in [0.2, 0.25) is 0 Å². The molecule has 1 aliphatic rings. The third-order valence-electron chi connectivity index (χ3n) is 4.11. The highest BCUT2D eigenvalue weighted by Gasteiger charge is 2.55. The van der Waals surface area contributed by atoms with Crippen LogP contribution in [-0.4, -0.2) is 41.6 Å². The van der Waals surface area contributed by atoms with E-state index < -0.39 is 35.3 Å². The Bertz CT molecular complexity index is 428. The van der Waals surface area contributed by atoms with Gasteiger partial charge in [0.05, 0.1) is 24.7 Å². The van der Waals surface area contributed by atoms with Gasteiger partial charge in [-0.2, -0.15) is 0 Å². The molecule has 22 heavy (non-hydrogen) atoms. The topological polar surface area (TPSA) is 89.9 Å². The Balaban J connectivity index is 3.20. The largest absolute Gasteiger partial charge is 0.466 e. The van der Waals surface area contributed by atoms with E-state index in [2.05, 4.69) is 0 Å². The highest BCUT2D eigenvalue weighted by atomic mass is 16.5. The zero-order valence-corrected chi connectivity index (χ0v) is 13.8. The summed E-state index contributed by atoms with van der Waals surface area (Å²) in [6, 6.07) is 0. The van der Waals surface area contributed by atoms with Gasteiger partial charge in [0.1, 0.15) is 11.7 Å². The van der Waals surface area contributed by atoms with Crippen LogP contribution in [0.5, 0.6) is 0 Å². The number of rotatable bonds is 6. The van der Waals surface area contributed by atoms with E-state index in [-0.39, 0.29) is 25.4 Å². The average molecular weight is 314 g/mol. The summed E-state index contributed by atoms with van der Waals surface area (Å²) in [6.07, 6.45) is 0.898. The van der Waals surface area contributed by atoms with Crippen molar-refractivity contribution in [2.24, 2.45) is 17.8 Å². The van der Waals surface area contributed by atoms with Crippen molar-refractivity contribution in [1.82, 2.24) is 0 Å². The van der Waals surface area contributed by atoms with Gasteiger partial charge >= 0.3 is 11.9 Å². The van der Waals surface area contributed by atoms with Gasteiger partial charge < -0.3 is 14.6 Å². The molecule has 6 heteroatoms. The number of hydrogen-bond donors (Lipinski definition) is 1. The van der Waals surface area contributed by atoms with E-state index in [4.69, 9.17) is 9.47 Å². The Morgan fingerprint density at radius 1 is 1.18 bits per heavy atom. The molecule has 0 radical (unpaired) electrons. The monoisotopic (exact) mass is 314 g/mol. The molecular formula is C16H26O6. The number of aliphatic hydroxyl groups is 1. The van der Waals surface area contributed by atoms with Crippen molar-refractivity contribution in [3.8, 4) is 0 Å². The molecule has 1 aliphatic carbocycles. The number of hydrogen-bond acceptors (Lipinski definition) is 6. The summed E-state index contributed by atoms with van der Waals surface area (Å²) in [6.45, 7) is 7.05. The van der Waals surface area contributed by atoms with Gasteiger partial charge in [0.2, 0.25) is 0 Å². The second-order valence-electron chi connectivity index (χ2n) is 5.91. The zero-order chi connectivity index (χ0) is 16.9. The minimum Gasteiger partial charge on any atom is -0.466 e. The summed E-state index contributed by atoms with van der Waals surface area (Å²) in [4.78, 5) is 36.8. The lowest BCUT2D eigenvalue weighted by atomic mass is 9.62. The van der Waals surface area contributed by atoms with E-state index in [0.29, 0.717) is 12.8 Å². The fourth-order valence-corrected chi connectivity index (χ4v) is 3.33. The number of carbonyl (C=O) groups excluding carboxylic acids is 3. The van der Waals surface area contributed by atoms with Gasteiger partial charge in [-0.1, -0.05) is 13.3 Å². The molecule has 0 bridgehead atoms. The fraction of sp³-hybridized carbons (Fsp3) is 0.812. The van der Waals surface area contributed by atoms with Gasteiger partial charge in [-0.3, -0.25) is 14.4 Å². The molecule has 0 saturated heterocycles. The number of Topliss-reactive ketones (excluding diaryl/α,β-unsaturated/α-hetero) is 1. The van der Waals surface area contributed by atoms with Crippen LogP contribution in [0.4, 0.5) is 0 Å². The molecule has 0 aromatic rings. The minimum absolute atomic E-state index is 0.169. The van der Waals surface area contributed by atoms with Gasteiger partial charge in [-0.05, 0) is 33.1 Å². The summed E-state index contributed by atoms with van der Waals surface area (Å²) in [5.41, 5.74) is -1.51. The molecule has 0 heterocycles. The van der Waals surface area contributed by atoms with E-state index in [1.807, 2.05) is 6.92 Å². The maximum absolute atomic E-state index is 12.3. The summed E-state index contributed by atoms with van der Waals surface area (Å²) < 4.78 is 10.0. The van der Waals surface area contributed by atoms with E-state index in [0.717, 1.165) is 0 Å². The molecule has 0 aliphatic heterocycles. The smallest absolute Gasteiger partial charge is 0.316 e. The van der Waals surface area contributed by atoms with Crippen molar-refractivity contribution in [3.63, 3.8) is 0 Å². The first kappa shape index (κ1) is 18.6. The van der Waals surface area contributed by atoms with Gasteiger partial charge in [0.25, 0.3) is 0 Å². The van der Waals surface area contributed by atoms with Crippen LogP contribution in [0.25, 0.3) is 0 Å². The quantitative estimate of drug-likeness (QED) is 0.590. The first-order chi connectivity index (χ1) is 10.3. The van der Waals surface area contributed by atoms with Gasteiger partial charge in [-0.15, -0.1) is 0 Å². The molecule has 0 aromatic heterocycles. The second-order valence-corrected chi connectivity index (χ2v) is 5.91. The van der Waals surface area contributed by atoms with Crippen LogP contribution in [-0.2, 0) is 23.9 Å². The fourth-order valence-electron chi connectivity index (χ4n) is 3.33. The van der Waals surface area contributed by atoms with Crippen LogP contribution < -0.4 is 0 Å². The van der Waals surface area contributed by atoms with Crippen molar-refractivity contribution in [3.05, 3.63) is 0 Å². The molecule has 4 atom stereocenters. The van der Waals surface area contributed by atoms with E-state index in [1.54, 1.807) is 13.8 Å². The Labute approximate surface area is 131 Å². The predicted octanol–water partition coefficient (Wildman–Crippen LogP) is 1.49. The number of ketones is 1. The molecule has 0 spiro atoms. The molecule has 1 saturated carbocycles. The molecule has 1 fully saturated rings. The minimum atomic E-state index is -1.51. The molecule has 126 valence electrons. The summed E-state index contributed by atoms with van der Waals surface area (Å²) in [5, 5.41) is 10.6.